The van der Waals surface area contributed by atoms with Crippen molar-refractivity contribution >= 4 is 21.6 Å². The molecule has 5 nitrogen and oxygen atoms in total. The molecule has 0 aliphatic heterocycles. The fourth-order valence-electron chi connectivity index (χ4n) is 2.86. The van der Waals surface area contributed by atoms with Gasteiger partial charge in [0.05, 0.1) is 22.8 Å². The molecule has 2 aromatic heterocycles. The van der Waals surface area contributed by atoms with Gasteiger partial charge in [0.2, 0.25) is 11.7 Å². The summed E-state index contributed by atoms with van der Waals surface area (Å²) in [7, 11) is 2.05. The first kappa shape index (κ1) is 16.9. The minimum absolute atomic E-state index is 0.168. The molecule has 0 bridgehead atoms. The first-order chi connectivity index (χ1) is 12.6. The van der Waals surface area contributed by atoms with Crippen LogP contribution >= 0.6 is 11.3 Å². The molecule has 4 rings (SSSR count). The van der Waals surface area contributed by atoms with Gasteiger partial charge in [-0.05, 0) is 38.6 Å². The molecule has 0 aliphatic carbocycles. The Kier molecular flexibility index (Phi) is 4.53. The Morgan fingerprint density at radius 2 is 1.85 bits per heavy atom. The fraction of sp³-hybridized carbons (Fsp3) is 0.250. The molecule has 6 heteroatoms. The standard InChI is InChI=1S/C20H20N4OS/c1-13-8-4-5-9-15(13)19-22-18(25-23-19)12-24(3)14(2)20-21-16-10-6-7-11-17(16)26-20/h4-11,14H,12H2,1-3H3/t14-/m1/s1. The molecular weight excluding hydrogens is 344 g/mol. The predicted molar refractivity (Wildman–Crippen MR) is 104 cm³/mol. The van der Waals surface area contributed by atoms with Gasteiger partial charge in [-0.2, -0.15) is 4.98 Å². The molecule has 0 radical (unpaired) electrons. The van der Waals surface area contributed by atoms with Gasteiger partial charge < -0.3 is 4.52 Å². The maximum Gasteiger partial charge on any atom is 0.241 e. The lowest BCUT2D eigenvalue weighted by molar-refractivity contribution is 0.216. The molecule has 0 fully saturated rings. The van der Waals surface area contributed by atoms with Crippen LogP contribution in [0.15, 0.2) is 53.1 Å². The lowest BCUT2D eigenvalue weighted by atomic mass is 10.1. The van der Waals surface area contributed by atoms with Crippen molar-refractivity contribution in [3.63, 3.8) is 0 Å². The number of nitrogens with zero attached hydrogens (tertiary/aromatic N) is 4. The van der Waals surface area contributed by atoms with Crippen LogP contribution in [-0.2, 0) is 6.54 Å². The van der Waals surface area contributed by atoms with E-state index in [1.165, 1.54) is 4.70 Å². The van der Waals surface area contributed by atoms with Gasteiger partial charge in [0.15, 0.2) is 0 Å². The number of fused-ring (bicyclic) bond motifs is 1. The number of benzene rings is 2. The van der Waals surface area contributed by atoms with Gasteiger partial charge in [-0.15, -0.1) is 11.3 Å². The lowest BCUT2D eigenvalue weighted by Crippen LogP contribution is -2.22. The number of thiazole rings is 1. The zero-order chi connectivity index (χ0) is 18.1. The zero-order valence-electron chi connectivity index (χ0n) is 15.0. The van der Waals surface area contributed by atoms with Crippen molar-refractivity contribution in [3.05, 3.63) is 65.0 Å². The largest absolute Gasteiger partial charge is 0.338 e. The van der Waals surface area contributed by atoms with Crippen molar-refractivity contribution in [1.82, 2.24) is 20.0 Å². The Morgan fingerprint density at radius 3 is 2.65 bits per heavy atom. The van der Waals surface area contributed by atoms with Crippen LogP contribution in [0, 0.1) is 6.92 Å². The maximum absolute atomic E-state index is 5.47. The van der Waals surface area contributed by atoms with Crippen LogP contribution in [0.3, 0.4) is 0 Å². The molecule has 0 unspecified atom stereocenters. The van der Waals surface area contributed by atoms with E-state index in [-0.39, 0.29) is 6.04 Å². The van der Waals surface area contributed by atoms with E-state index in [0.29, 0.717) is 18.3 Å². The predicted octanol–water partition coefficient (Wildman–Crippen LogP) is 4.85. The molecule has 4 aromatic rings. The fourth-order valence-corrected chi connectivity index (χ4v) is 3.94. The third kappa shape index (κ3) is 3.25. The molecule has 132 valence electrons. The molecule has 2 heterocycles. The highest BCUT2D eigenvalue weighted by Gasteiger charge is 2.19. The SMILES string of the molecule is Cc1ccccc1-c1noc(CN(C)[C@H](C)c2nc3ccccc3s2)n1. The van der Waals surface area contributed by atoms with Crippen LogP contribution in [0.4, 0.5) is 0 Å². The van der Waals surface area contributed by atoms with Crippen molar-refractivity contribution in [2.75, 3.05) is 7.05 Å². The van der Waals surface area contributed by atoms with Crippen molar-refractivity contribution in [3.8, 4) is 11.4 Å². The Hall–Kier alpha value is -2.57. The summed E-state index contributed by atoms with van der Waals surface area (Å²) >= 11 is 1.73. The molecule has 26 heavy (non-hydrogen) atoms. The third-order valence-electron chi connectivity index (χ3n) is 4.57. The summed E-state index contributed by atoms with van der Waals surface area (Å²) < 4.78 is 6.68. The van der Waals surface area contributed by atoms with Gasteiger partial charge in [-0.25, -0.2) is 4.98 Å². The van der Waals surface area contributed by atoms with E-state index in [2.05, 4.69) is 34.1 Å². The van der Waals surface area contributed by atoms with Crippen LogP contribution in [0.1, 0.15) is 29.4 Å². The van der Waals surface area contributed by atoms with Gasteiger partial charge >= 0.3 is 0 Å². The van der Waals surface area contributed by atoms with Crippen molar-refractivity contribution in [2.24, 2.45) is 0 Å². The zero-order valence-corrected chi connectivity index (χ0v) is 15.8. The van der Waals surface area contributed by atoms with Crippen LogP contribution in [0.2, 0.25) is 0 Å². The van der Waals surface area contributed by atoms with Gasteiger partial charge in [-0.3, -0.25) is 4.90 Å². The summed E-state index contributed by atoms with van der Waals surface area (Å²) in [6.07, 6.45) is 0. The number of rotatable bonds is 5. The molecule has 0 amide bonds. The summed E-state index contributed by atoms with van der Waals surface area (Å²) in [4.78, 5) is 11.5. The van der Waals surface area contributed by atoms with Crippen LogP contribution in [0.5, 0.6) is 0 Å². The van der Waals surface area contributed by atoms with E-state index in [1.807, 2.05) is 50.4 Å². The molecular formula is C20H20N4OS. The van der Waals surface area contributed by atoms with Gasteiger partial charge in [0.1, 0.15) is 5.01 Å². The van der Waals surface area contributed by atoms with Crippen molar-refractivity contribution < 1.29 is 4.52 Å². The van der Waals surface area contributed by atoms with E-state index in [9.17, 15) is 0 Å². The van der Waals surface area contributed by atoms with Gasteiger partial charge in [0, 0.05) is 5.56 Å². The Morgan fingerprint density at radius 1 is 1.08 bits per heavy atom. The van der Waals surface area contributed by atoms with Gasteiger partial charge in [0.25, 0.3) is 0 Å². The molecule has 0 spiro atoms. The van der Waals surface area contributed by atoms with Gasteiger partial charge in [-0.1, -0.05) is 41.6 Å². The molecule has 1 atom stereocenters. The molecule has 0 saturated carbocycles. The topological polar surface area (TPSA) is 55.1 Å². The quantitative estimate of drug-likeness (QED) is 0.507. The van der Waals surface area contributed by atoms with E-state index in [0.717, 1.165) is 21.7 Å². The number of aromatic nitrogens is 3. The number of hydrogen-bond acceptors (Lipinski definition) is 6. The molecule has 0 N–H and O–H groups in total. The van der Waals surface area contributed by atoms with Crippen LogP contribution in [-0.4, -0.2) is 27.1 Å². The monoisotopic (exact) mass is 364 g/mol. The normalized spacial score (nSPS) is 12.8. The number of hydrogen-bond donors (Lipinski definition) is 0. The minimum atomic E-state index is 0.168. The van der Waals surface area contributed by atoms with E-state index in [1.54, 1.807) is 11.3 Å². The number of para-hydroxylation sites is 1. The smallest absolute Gasteiger partial charge is 0.241 e. The third-order valence-corrected chi connectivity index (χ3v) is 5.77. The summed E-state index contributed by atoms with van der Waals surface area (Å²) in [5.74, 6) is 1.25. The van der Waals surface area contributed by atoms with Crippen LogP contribution < -0.4 is 0 Å². The summed E-state index contributed by atoms with van der Waals surface area (Å²) in [5, 5.41) is 5.23. The summed E-state index contributed by atoms with van der Waals surface area (Å²) in [6.45, 7) is 4.78. The van der Waals surface area contributed by atoms with E-state index < -0.39 is 0 Å². The average Bonchev–Trinajstić information content (AvgIpc) is 3.28. The van der Waals surface area contributed by atoms with Crippen molar-refractivity contribution in [2.45, 2.75) is 26.4 Å². The Bertz CT molecular complexity index is 1010. The second-order valence-corrected chi connectivity index (χ2v) is 7.50. The highest BCUT2D eigenvalue weighted by Crippen LogP contribution is 2.29. The lowest BCUT2D eigenvalue weighted by Gasteiger charge is -2.20. The molecule has 2 aromatic carbocycles. The second kappa shape index (κ2) is 6.97. The first-order valence-corrected chi connectivity index (χ1v) is 9.38. The minimum Gasteiger partial charge on any atom is -0.338 e. The van der Waals surface area contributed by atoms with E-state index in [4.69, 9.17) is 9.51 Å². The second-order valence-electron chi connectivity index (χ2n) is 6.44. The summed E-state index contributed by atoms with van der Waals surface area (Å²) in [5.41, 5.74) is 3.19. The highest BCUT2D eigenvalue weighted by atomic mass is 32.1. The molecule has 0 aliphatic rings. The maximum atomic E-state index is 5.47. The number of aryl methyl sites for hydroxylation is 1. The van der Waals surface area contributed by atoms with E-state index >= 15 is 0 Å². The Balaban J connectivity index is 1.51. The highest BCUT2D eigenvalue weighted by molar-refractivity contribution is 7.18. The van der Waals surface area contributed by atoms with Crippen molar-refractivity contribution in [1.29, 1.82) is 0 Å². The molecule has 0 saturated heterocycles. The average molecular weight is 364 g/mol. The first-order valence-electron chi connectivity index (χ1n) is 8.56. The van der Waals surface area contributed by atoms with Crippen LogP contribution in [0.25, 0.3) is 21.6 Å². The Labute approximate surface area is 156 Å². The summed E-state index contributed by atoms with van der Waals surface area (Å²) in [6, 6.07) is 16.4.